The molecule has 0 aliphatic carbocycles. The number of rotatable bonds is 12. The number of carbonyl (C=O) groups excluding carboxylic acids is 1. The Labute approximate surface area is 189 Å². The number of hydrogen-bond donors (Lipinski definition) is 1. The maximum Gasteiger partial charge on any atom is 0.389 e. The second-order valence-electron chi connectivity index (χ2n) is 8.74. The van der Waals surface area contributed by atoms with Crippen LogP contribution >= 0.6 is 0 Å². The van der Waals surface area contributed by atoms with E-state index in [1.165, 1.54) is 4.31 Å². The number of piperidine rings is 1. The fourth-order valence-electron chi connectivity index (χ4n) is 4.51. The Morgan fingerprint density at radius 2 is 1.69 bits per heavy atom. The summed E-state index contributed by atoms with van der Waals surface area (Å²) in [7, 11) is -3.88. The number of hydroxylamine groups is 1. The molecule has 2 aliphatic heterocycles. The van der Waals surface area contributed by atoms with Gasteiger partial charge in [-0.25, -0.2) is 18.2 Å². The Morgan fingerprint density at radius 1 is 1.09 bits per heavy atom. The molecule has 32 heavy (non-hydrogen) atoms. The van der Waals surface area contributed by atoms with Crippen molar-refractivity contribution in [1.29, 1.82) is 0 Å². The van der Waals surface area contributed by atoms with Gasteiger partial charge in [0.1, 0.15) is 0 Å². The summed E-state index contributed by atoms with van der Waals surface area (Å²) in [4.78, 5) is 17.8. The van der Waals surface area contributed by atoms with Crippen molar-refractivity contribution in [1.82, 2.24) is 9.79 Å². The molecule has 0 aromatic rings. The third kappa shape index (κ3) is 7.56. The average Bonchev–Trinajstić information content (AvgIpc) is 2.76. The summed E-state index contributed by atoms with van der Waals surface area (Å²) in [6.45, 7) is 3.12. The van der Waals surface area contributed by atoms with Crippen molar-refractivity contribution < 1.29 is 36.0 Å². The first kappa shape index (κ1) is 27.3. The van der Waals surface area contributed by atoms with E-state index in [1.807, 2.05) is 0 Å². The molecular formula is C21H37F3N2O5S. The molecule has 0 aromatic heterocycles. The van der Waals surface area contributed by atoms with Crippen LogP contribution in [0.4, 0.5) is 13.2 Å². The highest BCUT2D eigenvalue weighted by molar-refractivity contribution is 7.91. The lowest BCUT2D eigenvalue weighted by atomic mass is 9.92. The maximum atomic E-state index is 13.5. The molecule has 0 saturated carbocycles. The first-order valence-corrected chi connectivity index (χ1v) is 13.1. The Morgan fingerprint density at radius 3 is 2.28 bits per heavy atom. The number of sulfonamides is 1. The highest BCUT2D eigenvalue weighted by Gasteiger charge is 2.54. The number of alkyl halides is 3. The standard InChI is InChI=1S/C21H37F3N2O5S/c1-2-31-25-19(27)20(12-16-30-17-13-20)32(28,29)26-14-9-18(10-15-26)8-6-4-3-5-7-11-21(22,23)24/h18H,2-17H2,1H3,(H,25,27). The molecule has 0 spiro atoms. The summed E-state index contributed by atoms with van der Waals surface area (Å²) < 4.78 is 68.6. The molecule has 7 nitrogen and oxygen atoms in total. The summed E-state index contributed by atoms with van der Waals surface area (Å²) in [5, 5.41) is 0. The normalized spacial score (nSPS) is 20.9. The van der Waals surface area contributed by atoms with Gasteiger partial charge in [0.15, 0.2) is 4.75 Å². The Bertz CT molecular complexity index is 673. The fraction of sp³-hybridized carbons (Fsp3) is 0.952. The summed E-state index contributed by atoms with van der Waals surface area (Å²) in [6.07, 6.45) is 1.25. The maximum absolute atomic E-state index is 13.5. The molecule has 188 valence electrons. The van der Waals surface area contributed by atoms with Crippen molar-refractivity contribution in [3.8, 4) is 0 Å². The van der Waals surface area contributed by atoms with Gasteiger partial charge in [-0.15, -0.1) is 0 Å². The van der Waals surface area contributed by atoms with Crippen molar-refractivity contribution in [3.05, 3.63) is 0 Å². The van der Waals surface area contributed by atoms with E-state index >= 15 is 0 Å². The number of nitrogens with zero attached hydrogens (tertiary/aromatic N) is 1. The minimum atomic E-state index is -4.07. The summed E-state index contributed by atoms with van der Waals surface area (Å²) in [6, 6.07) is 0. The Hall–Kier alpha value is -0.910. The van der Waals surface area contributed by atoms with E-state index in [1.54, 1.807) is 6.92 Å². The highest BCUT2D eigenvalue weighted by atomic mass is 32.2. The molecule has 0 bridgehead atoms. The van der Waals surface area contributed by atoms with Gasteiger partial charge in [-0.3, -0.25) is 9.63 Å². The monoisotopic (exact) mass is 486 g/mol. The van der Waals surface area contributed by atoms with Gasteiger partial charge in [0.25, 0.3) is 5.91 Å². The second-order valence-corrected chi connectivity index (χ2v) is 11.0. The predicted molar refractivity (Wildman–Crippen MR) is 114 cm³/mol. The van der Waals surface area contributed by atoms with Crippen LogP contribution in [0.3, 0.4) is 0 Å². The van der Waals surface area contributed by atoms with Crippen LogP contribution in [0.5, 0.6) is 0 Å². The predicted octanol–water partition coefficient (Wildman–Crippen LogP) is 3.94. The number of ether oxygens (including phenoxy) is 1. The lowest BCUT2D eigenvalue weighted by molar-refractivity contribution is -0.138. The van der Waals surface area contributed by atoms with Crippen LogP contribution in [0.2, 0.25) is 0 Å². The summed E-state index contributed by atoms with van der Waals surface area (Å²) in [5.41, 5.74) is 2.29. The van der Waals surface area contributed by atoms with E-state index in [9.17, 15) is 26.4 Å². The van der Waals surface area contributed by atoms with Crippen molar-refractivity contribution in [2.45, 2.75) is 88.5 Å². The van der Waals surface area contributed by atoms with E-state index in [0.29, 0.717) is 25.4 Å². The fourth-order valence-corrected chi connectivity index (χ4v) is 6.65. The Kier molecular flexibility index (Phi) is 10.7. The first-order chi connectivity index (χ1) is 15.1. The zero-order valence-electron chi connectivity index (χ0n) is 18.9. The van der Waals surface area contributed by atoms with Gasteiger partial charge in [0, 0.05) is 45.6 Å². The van der Waals surface area contributed by atoms with Crippen LogP contribution in [0.25, 0.3) is 0 Å². The third-order valence-corrected chi connectivity index (χ3v) is 9.13. The van der Waals surface area contributed by atoms with Crippen molar-refractivity contribution in [3.63, 3.8) is 0 Å². The van der Waals surface area contributed by atoms with Crippen LogP contribution in [-0.2, 0) is 24.4 Å². The zero-order chi connectivity index (χ0) is 23.7. The molecule has 0 unspecified atom stereocenters. The van der Waals surface area contributed by atoms with E-state index in [0.717, 1.165) is 38.5 Å². The van der Waals surface area contributed by atoms with Crippen LogP contribution in [0.15, 0.2) is 0 Å². The zero-order valence-corrected chi connectivity index (χ0v) is 19.7. The van der Waals surface area contributed by atoms with Crippen LogP contribution < -0.4 is 5.48 Å². The number of unbranched alkanes of at least 4 members (excludes halogenated alkanes) is 4. The van der Waals surface area contributed by atoms with Crippen molar-refractivity contribution >= 4 is 15.9 Å². The minimum absolute atomic E-state index is 0.0997. The van der Waals surface area contributed by atoms with Crippen molar-refractivity contribution in [2.75, 3.05) is 32.9 Å². The number of hydrogen-bond acceptors (Lipinski definition) is 5. The highest BCUT2D eigenvalue weighted by Crippen LogP contribution is 2.35. The molecule has 0 radical (unpaired) electrons. The first-order valence-electron chi connectivity index (χ1n) is 11.7. The molecule has 1 amide bonds. The largest absolute Gasteiger partial charge is 0.389 e. The lowest BCUT2D eigenvalue weighted by Gasteiger charge is -2.41. The second kappa shape index (κ2) is 12.5. The molecule has 1 N–H and O–H groups in total. The van der Waals surface area contributed by atoms with Gasteiger partial charge in [-0.05, 0) is 32.1 Å². The van der Waals surface area contributed by atoms with Crippen LogP contribution in [0.1, 0.15) is 77.6 Å². The number of halogens is 3. The topological polar surface area (TPSA) is 84.9 Å². The molecule has 2 heterocycles. The molecule has 2 rings (SSSR count). The average molecular weight is 487 g/mol. The van der Waals surface area contributed by atoms with E-state index in [2.05, 4.69) is 5.48 Å². The number of carbonyl (C=O) groups is 1. The molecule has 2 aliphatic rings. The number of amides is 1. The molecule has 2 saturated heterocycles. The van der Waals surface area contributed by atoms with E-state index < -0.39 is 33.3 Å². The SMILES string of the molecule is CCONC(=O)C1(S(=O)(=O)N2CCC(CCCCCCCC(F)(F)F)CC2)CCOCC1. The van der Waals surface area contributed by atoms with Gasteiger partial charge in [0.2, 0.25) is 10.0 Å². The molecule has 0 aromatic carbocycles. The molecule has 2 fully saturated rings. The van der Waals surface area contributed by atoms with E-state index in [-0.39, 0.29) is 39.1 Å². The van der Waals surface area contributed by atoms with Crippen LogP contribution in [0, 0.1) is 5.92 Å². The summed E-state index contributed by atoms with van der Waals surface area (Å²) >= 11 is 0. The summed E-state index contributed by atoms with van der Waals surface area (Å²) in [5.74, 6) is -0.227. The van der Waals surface area contributed by atoms with Crippen molar-refractivity contribution in [2.24, 2.45) is 5.92 Å². The third-order valence-electron chi connectivity index (χ3n) is 6.50. The number of nitrogens with one attached hydrogen (secondary N) is 1. The Balaban J connectivity index is 1.80. The smallest absolute Gasteiger partial charge is 0.381 e. The van der Waals surface area contributed by atoms with Gasteiger partial charge in [-0.1, -0.05) is 32.1 Å². The van der Waals surface area contributed by atoms with Gasteiger partial charge >= 0.3 is 6.18 Å². The molecule has 0 atom stereocenters. The van der Waals surface area contributed by atoms with Gasteiger partial charge < -0.3 is 4.74 Å². The quantitative estimate of drug-likeness (QED) is 0.334. The molecule has 11 heteroatoms. The lowest BCUT2D eigenvalue weighted by Crippen LogP contribution is -2.60. The van der Waals surface area contributed by atoms with E-state index in [4.69, 9.17) is 9.57 Å². The van der Waals surface area contributed by atoms with Gasteiger partial charge in [0.05, 0.1) is 6.61 Å². The van der Waals surface area contributed by atoms with Gasteiger partial charge in [-0.2, -0.15) is 13.2 Å². The molecular weight excluding hydrogens is 449 g/mol. The van der Waals surface area contributed by atoms with Crippen LogP contribution in [-0.4, -0.2) is 62.5 Å². The minimum Gasteiger partial charge on any atom is -0.381 e.